The molecule has 0 fully saturated rings. The molecule has 3 aromatic rings. The number of aromatic nitrogens is 2. The van der Waals surface area contributed by atoms with Crippen molar-refractivity contribution in [3.63, 3.8) is 0 Å². The first-order valence-electron chi connectivity index (χ1n) is 7.39. The molecule has 2 aromatic heterocycles. The largest absolute Gasteiger partial charge is 0.454 e. The number of furan rings is 1. The van der Waals surface area contributed by atoms with E-state index in [1.54, 1.807) is 42.2 Å². The van der Waals surface area contributed by atoms with Crippen LogP contribution >= 0.6 is 39.1 Å². The monoisotopic (exact) mass is 441 g/mol. The van der Waals surface area contributed by atoms with Crippen molar-refractivity contribution in [2.75, 3.05) is 7.05 Å². The predicted octanol–water partition coefficient (Wildman–Crippen LogP) is 4.87. The van der Waals surface area contributed by atoms with Crippen LogP contribution in [0.25, 0.3) is 0 Å². The van der Waals surface area contributed by atoms with Crippen molar-refractivity contribution >= 4 is 45.0 Å². The van der Waals surface area contributed by atoms with Gasteiger partial charge in [-0.2, -0.15) is 5.10 Å². The van der Waals surface area contributed by atoms with E-state index >= 15 is 0 Å². The first kappa shape index (κ1) is 18.0. The van der Waals surface area contributed by atoms with E-state index in [1.807, 2.05) is 12.3 Å². The van der Waals surface area contributed by atoms with E-state index in [-0.39, 0.29) is 11.7 Å². The van der Waals surface area contributed by atoms with Crippen molar-refractivity contribution in [3.05, 3.63) is 74.3 Å². The van der Waals surface area contributed by atoms with E-state index in [1.165, 1.54) is 4.90 Å². The Bertz CT molecular complexity index is 907. The molecule has 25 heavy (non-hydrogen) atoms. The Morgan fingerprint density at radius 3 is 2.84 bits per heavy atom. The quantitative estimate of drug-likeness (QED) is 0.566. The van der Waals surface area contributed by atoms with Crippen molar-refractivity contribution < 1.29 is 9.21 Å². The number of nitrogens with zero attached hydrogens (tertiary/aromatic N) is 3. The average Bonchev–Trinajstić information content (AvgIpc) is 3.20. The second kappa shape index (κ2) is 7.64. The van der Waals surface area contributed by atoms with Crippen LogP contribution in [-0.4, -0.2) is 27.6 Å². The van der Waals surface area contributed by atoms with Crippen LogP contribution in [0.15, 0.2) is 51.6 Å². The van der Waals surface area contributed by atoms with Gasteiger partial charge in [-0.1, -0.05) is 35.3 Å². The summed E-state index contributed by atoms with van der Waals surface area (Å²) in [6.07, 6.45) is 3.52. The van der Waals surface area contributed by atoms with E-state index in [2.05, 4.69) is 21.0 Å². The number of carbonyl (C=O) groups is 1. The van der Waals surface area contributed by atoms with Crippen LogP contribution < -0.4 is 0 Å². The van der Waals surface area contributed by atoms with Gasteiger partial charge in [0.25, 0.3) is 5.91 Å². The Kier molecular flexibility index (Phi) is 5.51. The number of rotatable bonds is 5. The Morgan fingerprint density at radius 2 is 2.12 bits per heavy atom. The number of amides is 1. The summed E-state index contributed by atoms with van der Waals surface area (Å²) in [7, 11) is 1.69. The maximum absolute atomic E-state index is 12.5. The topological polar surface area (TPSA) is 51.3 Å². The molecule has 3 rings (SSSR count). The highest BCUT2D eigenvalue weighted by Gasteiger charge is 2.18. The van der Waals surface area contributed by atoms with Gasteiger partial charge in [0.2, 0.25) is 0 Å². The molecular formula is C17H14BrCl2N3O2. The van der Waals surface area contributed by atoms with Crippen molar-refractivity contribution in [2.45, 2.75) is 13.1 Å². The molecule has 0 N–H and O–H groups in total. The summed E-state index contributed by atoms with van der Waals surface area (Å²) in [5.74, 6) is 0.680. The molecule has 2 heterocycles. The molecule has 0 atom stereocenters. The van der Waals surface area contributed by atoms with E-state index in [9.17, 15) is 4.79 Å². The maximum atomic E-state index is 12.5. The van der Waals surface area contributed by atoms with Crippen molar-refractivity contribution in [2.24, 2.45) is 0 Å². The predicted molar refractivity (Wildman–Crippen MR) is 100.0 cm³/mol. The standard InChI is InChI=1S/C17H14BrCl2N3O2/c1-22(8-11-3-2-4-14(19)16(11)20)17(24)15-6-5-13(25-15)10-23-9-12(18)7-21-23/h2-7,9H,8,10H2,1H3. The van der Waals surface area contributed by atoms with Gasteiger partial charge in [-0.05, 0) is 39.7 Å². The zero-order valence-corrected chi connectivity index (χ0v) is 16.3. The molecule has 0 bridgehead atoms. The van der Waals surface area contributed by atoms with E-state index < -0.39 is 0 Å². The molecule has 0 radical (unpaired) electrons. The minimum Gasteiger partial charge on any atom is -0.454 e. The van der Waals surface area contributed by atoms with Crippen LogP contribution in [0.2, 0.25) is 10.0 Å². The van der Waals surface area contributed by atoms with Gasteiger partial charge in [-0.25, -0.2) is 0 Å². The van der Waals surface area contributed by atoms with Gasteiger partial charge in [0.05, 0.1) is 27.3 Å². The normalized spacial score (nSPS) is 10.9. The van der Waals surface area contributed by atoms with Gasteiger partial charge in [0.15, 0.2) is 5.76 Å². The molecule has 1 aromatic carbocycles. The second-order valence-electron chi connectivity index (χ2n) is 5.50. The molecule has 8 heteroatoms. The summed E-state index contributed by atoms with van der Waals surface area (Å²) in [4.78, 5) is 14.1. The lowest BCUT2D eigenvalue weighted by atomic mass is 10.2. The summed E-state index contributed by atoms with van der Waals surface area (Å²) in [6, 6.07) is 8.77. The van der Waals surface area contributed by atoms with Crippen LogP contribution in [0.5, 0.6) is 0 Å². The fourth-order valence-corrected chi connectivity index (χ4v) is 3.06. The summed E-state index contributed by atoms with van der Waals surface area (Å²) in [5, 5.41) is 5.08. The van der Waals surface area contributed by atoms with Gasteiger partial charge < -0.3 is 9.32 Å². The van der Waals surface area contributed by atoms with Crippen LogP contribution in [0.4, 0.5) is 0 Å². The number of hydrogen-bond donors (Lipinski definition) is 0. The molecule has 0 saturated carbocycles. The lowest BCUT2D eigenvalue weighted by molar-refractivity contribution is 0.0751. The highest BCUT2D eigenvalue weighted by molar-refractivity contribution is 9.10. The third kappa shape index (κ3) is 4.26. The average molecular weight is 443 g/mol. The highest BCUT2D eigenvalue weighted by atomic mass is 79.9. The Hall–Kier alpha value is -1.76. The van der Waals surface area contributed by atoms with Gasteiger partial charge >= 0.3 is 0 Å². The molecular weight excluding hydrogens is 429 g/mol. The van der Waals surface area contributed by atoms with E-state index in [4.69, 9.17) is 27.6 Å². The molecule has 0 saturated heterocycles. The fraction of sp³-hybridized carbons (Fsp3) is 0.176. The van der Waals surface area contributed by atoms with Crippen molar-refractivity contribution in [1.82, 2.24) is 14.7 Å². The molecule has 0 aliphatic heterocycles. The fourth-order valence-electron chi connectivity index (χ4n) is 2.35. The minimum atomic E-state index is -0.232. The van der Waals surface area contributed by atoms with Crippen LogP contribution in [0, 0.1) is 0 Å². The third-order valence-electron chi connectivity index (χ3n) is 3.58. The lowest BCUT2D eigenvalue weighted by Crippen LogP contribution is -2.26. The molecule has 130 valence electrons. The molecule has 1 amide bonds. The molecule has 0 aliphatic carbocycles. The van der Waals surface area contributed by atoms with Crippen LogP contribution in [-0.2, 0) is 13.1 Å². The molecule has 0 aliphatic rings. The van der Waals surface area contributed by atoms with E-state index in [0.717, 1.165) is 10.0 Å². The second-order valence-corrected chi connectivity index (χ2v) is 7.20. The SMILES string of the molecule is CN(Cc1cccc(Cl)c1Cl)C(=O)c1ccc(Cn2cc(Br)cn2)o1. The lowest BCUT2D eigenvalue weighted by Gasteiger charge is -2.17. The number of hydrogen-bond acceptors (Lipinski definition) is 3. The summed E-state index contributed by atoms with van der Waals surface area (Å²) < 4.78 is 8.24. The highest BCUT2D eigenvalue weighted by Crippen LogP contribution is 2.26. The summed E-state index contributed by atoms with van der Waals surface area (Å²) in [6.45, 7) is 0.781. The van der Waals surface area contributed by atoms with Crippen LogP contribution in [0.3, 0.4) is 0 Å². The van der Waals surface area contributed by atoms with Crippen molar-refractivity contribution in [3.8, 4) is 0 Å². The first-order valence-corrected chi connectivity index (χ1v) is 8.94. The maximum Gasteiger partial charge on any atom is 0.289 e. The number of benzene rings is 1. The molecule has 0 spiro atoms. The summed E-state index contributed by atoms with van der Waals surface area (Å²) >= 11 is 15.5. The zero-order valence-electron chi connectivity index (χ0n) is 13.2. The van der Waals surface area contributed by atoms with Gasteiger partial charge in [-0.15, -0.1) is 0 Å². The smallest absolute Gasteiger partial charge is 0.289 e. The van der Waals surface area contributed by atoms with Gasteiger partial charge in [0.1, 0.15) is 5.76 Å². The zero-order chi connectivity index (χ0) is 18.0. The Balaban J connectivity index is 1.69. The first-order chi connectivity index (χ1) is 11.9. The van der Waals surface area contributed by atoms with Gasteiger partial charge in [-0.3, -0.25) is 9.48 Å². The number of halogens is 3. The molecule has 0 unspecified atom stereocenters. The number of carbonyl (C=O) groups excluding carboxylic acids is 1. The summed E-state index contributed by atoms with van der Waals surface area (Å²) in [5.41, 5.74) is 0.776. The van der Waals surface area contributed by atoms with E-state index in [0.29, 0.717) is 28.9 Å². The van der Waals surface area contributed by atoms with Gasteiger partial charge in [0, 0.05) is 19.8 Å². The Labute approximate surface area is 163 Å². The Morgan fingerprint density at radius 1 is 1.32 bits per heavy atom. The van der Waals surface area contributed by atoms with Crippen LogP contribution in [0.1, 0.15) is 21.9 Å². The van der Waals surface area contributed by atoms with Crippen molar-refractivity contribution in [1.29, 1.82) is 0 Å². The molecule has 5 nitrogen and oxygen atoms in total. The minimum absolute atomic E-state index is 0.232. The third-order valence-corrected chi connectivity index (χ3v) is 4.85.